The highest BCUT2D eigenvalue weighted by atomic mass is 32.2. The maximum absolute atomic E-state index is 14.1. The molecular weight excluding hydrogens is 636 g/mol. The Morgan fingerprint density at radius 2 is 1.73 bits per heavy atom. The summed E-state index contributed by atoms with van der Waals surface area (Å²) in [4.78, 5) is 41.0. The number of aromatic nitrogens is 1. The number of Topliss-reactive ketones (excluding diaryl/α,β-unsaturated/α-hetero) is 1. The predicted molar refractivity (Wildman–Crippen MR) is 147 cm³/mol. The number of sulfonamides is 1. The number of carbonyl (C=O) groups excluding carboxylic acids is 2. The summed E-state index contributed by atoms with van der Waals surface area (Å²) in [6, 6.07) is 10.7. The van der Waals surface area contributed by atoms with Crippen molar-refractivity contribution in [3.63, 3.8) is 0 Å². The van der Waals surface area contributed by atoms with Crippen molar-refractivity contribution in [2.75, 3.05) is 21.2 Å². The van der Waals surface area contributed by atoms with E-state index in [1.165, 1.54) is 23.1 Å². The number of carboxylic acid groups (broad SMARTS) is 1. The van der Waals surface area contributed by atoms with Crippen molar-refractivity contribution in [3.05, 3.63) is 89.0 Å². The molecule has 3 N–H and O–H groups in total. The Morgan fingerprint density at radius 1 is 1.09 bits per heavy atom. The summed E-state index contributed by atoms with van der Waals surface area (Å²) in [5.41, 5.74) is 0.740. The standard InChI is InChI=1S/C24H19FN4O6S2.C2HF3O2/c1-36(32,33)28-16-3-4-18-21(11-16)37(34,35)13-19(27-18)22-23(30)17-10-15(25)2-5-20(17)29(24(22)31)12-14-6-8-26-9-7-14;3-2(4,5)1(6)7/h2-11,13,22,27-28H,12H2,1H3;(H,6,7). The molecule has 0 bridgehead atoms. The van der Waals surface area contributed by atoms with Gasteiger partial charge in [-0.15, -0.1) is 0 Å². The van der Waals surface area contributed by atoms with Crippen LogP contribution in [-0.2, 0) is 36.0 Å². The SMILES string of the molecule is CS(=O)(=O)Nc1ccc2c(c1)S(=O)(=O)C=C(C1C(=O)c3cc(F)ccc3N(Cc3ccncc3)C1=O)N2.O=C(O)C(F)(F)F. The van der Waals surface area contributed by atoms with Gasteiger partial charge in [0.2, 0.25) is 25.8 Å². The molecule has 3 aromatic rings. The number of fused-ring (bicyclic) bond motifs is 2. The molecule has 2 aromatic carbocycles. The summed E-state index contributed by atoms with van der Waals surface area (Å²) in [7, 11) is -7.85. The molecule has 1 unspecified atom stereocenters. The zero-order chi connectivity index (χ0) is 32.6. The topological polar surface area (TPSA) is 180 Å². The average Bonchev–Trinajstić information content (AvgIpc) is 2.91. The number of rotatable bonds is 5. The zero-order valence-corrected chi connectivity index (χ0v) is 23.8. The molecule has 2 aliphatic heterocycles. The first-order valence-electron chi connectivity index (χ1n) is 12.1. The minimum atomic E-state index is -5.08. The van der Waals surface area contributed by atoms with E-state index >= 15 is 0 Å². The van der Waals surface area contributed by atoms with Crippen LogP contribution in [0.15, 0.2) is 76.9 Å². The van der Waals surface area contributed by atoms with Crippen molar-refractivity contribution in [2.24, 2.45) is 5.92 Å². The lowest BCUT2D eigenvalue weighted by Crippen LogP contribution is -2.46. The van der Waals surface area contributed by atoms with Crippen molar-refractivity contribution >= 4 is 54.6 Å². The summed E-state index contributed by atoms with van der Waals surface area (Å²) in [6.07, 6.45) is -1.07. The van der Waals surface area contributed by atoms with E-state index in [1.54, 1.807) is 24.5 Å². The summed E-state index contributed by atoms with van der Waals surface area (Å²) < 4.78 is 97.4. The summed E-state index contributed by atoms with van der Waals surface area (Å²) in [5, 5.41) is 10.7. The Kier molecular flexibility index (Phi) is 8.52. The Hall–Kier alpha value is -4.84. The van der Waals surface area contributed by atoms with Gasteiger partial charge in [0.05, 0.1) is 34.5 Å². The molecule has 1 atom stereocenters. The number of pyridine rings is 1. The highest BCUT2D eigenvalue weighted by Gasteiger charge is 2.44. The smallest absolute Gasteiger partial charge is 0.475 e. The predicted octanol–water partition coefficient (Wildman–Crippen LogP) is 3.31. The van der Waals surface area contributed by atoms with Crippen LogP contribution in [0.3, 0.4) is 0 Å². The van der Waals surface area contributed by atoms with Gasteiger partial charge in [-0.05, 0) is 54.1 Å². The number of carboxylic acids is 1. The van der Waals surface area contributed by atoms with Crippen LogP contribution in [0.1, 0.15) is 15.9 Å². The number of carbonyl (C=O) groups is 3. The van der Waals surface area contributed by atoms with E-state index in [-0.39, 0.29) is 39.8 Å². The van der Waals surface area contributed by atoms with Gasteiger partial charge in [0.1, 0.15) is 11.7 Å². The fourth-order valence-electron chi connectivity index (χ4n) is 4.29. The zero-order valence-electron chi connectivity index (χ0n) is 22.2. The van der Waals surface area contributed by atoms with E-state index in [1.807, 2.05) is 0 Å². The first kappa shape index (κ1) is 32.1. The van der Waals surface area contributed by atoms with Gasteiger partial charge >= 0.3 is 12.1 Å². The summed E-state index contributed by atoms with van der Waals surface area (Å²) in [5.74, 6) is -6.45. The van der Waals surface area contributed by atoms with E-state index in [9.17, 15) is 44.0 Å². The maximum Gasteiger partial charge on any atom is 0.490 e. The van der Waals surface area contributed by atoms with E-state index in [2.05, 4.69) is 15.0 Å². The van der Waals surface area contributed by atoms with Crippen LogP contribution in [0.25, 0.3) is 0 Å². The highest BCUT2D eigenvalue weighted by molar-refractivity contribution is 7.94. The molecule has 0 saturated heterocycles. The molecule has 0 saturated carbocycles. The molecule has 2 aliphatic rings. The Labute approximate surface area is 247 Å². The van der Waals surface area contributed by atoms with Gasteiger partial charge in [-0.1, -0.05) is 0 Å². The largest absolute Gasteiger partial charge is 0.490 e. The van der Waals surface area contributed by atoms with Gasteiger partial charge in [-0.2, -0.15) is 13.2 Å². The van der Waals surface area contributed by atoms with E-state index in [0.717, 1.165) is 29.9 Å². The molecule has 44 heavy (non-hydrogen) atoms. The quantitative estimate of drug-likeness (QED) is 0.272. The number of nitrogens with zero attached hydrogens (tertiary/aromatic N) is 2. The molecule has 0 spiro atoms. The third-order valence-electron chi connectivity index (χ3n) is 6.09. The lowest BCUT2D eigenvalue weighted by Gasteiger charge is -2.35. The van der Waals surface area contributed by atoms with E-state index in [0.29, 0.717) is 5.56 Å². The maximum atomic E-state index is 14.1. The molecule has 12 nitrogen and oxygen atoms in total. The van der Waals surface area contributed by atoms with Crippen molar-refractivity contribution in [3.8, 4) is 0 Å². The molecule has 5 rings (SSSR count). The van der Waals surface area contributed by atoms with Gasteiger partial charge in [-0.3, -0.25) is 19.3 Å². The molecule has 3 heterocycles. The van der Waals surface area contributed by atoms with Crippen LogP contribution in [0.5, 0.6) is 0 Å². The van der Waals surface area contributed by atoms with Gasteiger partial charge in [0, 0.05) is 29.3 Å². The number of hydrogen-bond donors (Lipinski definition) is 3. The second kappa shape index (κ2) is 11.7. The average molecular weight is 657 g/mol. The van der Waals surface area contributed by atoms with E-state index < -0.39 is 55.4 Å². The molecule has 0 radical (unpaired) electrons. The van der Waals surface area contributed by atoms with Crippen LogP contribution in [0, 0.1) is 11.7 Å². The van der Waals surface area contributed by atoms with Crippen LogP contribution < -0.4 is 14.9 Å². The second-order valence-electron chi connectivity index (χ2n) is 9.37. The van der Waals surface area contributed by atoms with Crippen molar-refractivity contribution < 1.29 is 53.9 Å². The summed E-state index contributed by atoms with van der Waals surface area (Å²) in [6.45, 7) is 0.0426. The lowest BCUT2D eigenvalue weighted by atomic mass is 9.87. The number of anilines is 3. The number of hydrogen-bond acceptors (Lipinski definition) is 9. The van der Waals surface area contributed by atoms with Gasteiger partial charge < -0.3 is 15.3 Å². The van der Waals surface area contributed by atoms with Crippen LogP contribution >= 0.6 is 0 Å². The van der Waals surface area contributed by atoms with Gasteiger partial charge in [0.25, 0.3) is 0 Å². The Balaban J connectivity index is 0.000000566. The van der Waals surface area contributed by atoms with Crippen molar-refractivity contribution in [1.29, 1.82) is 0 Å². The first-order chi connectivity index (χ1) is 20.4. The molecule has 1 aromatic heterocycles. The number of sulfone groups is 1. The Bertz CT molecular complexity index is 1920. The fourth-order valence-corrected chi connectivity index (χ4v) is 6.21. The molecule has 18 heteroatoms. The number of aliphatic carboxylic acids is 1. The molecule has 1 amide bonds. The summed E-state index contributed by atoms with van der Waals surface area (Å²) >= 11 is 0. The number of ketones is 1. The van der Waals surface area contributed by atoms with Crippen LogP contribution in [-0.4, -0.2) is 57.0 Å². The number of halogens is 4. The molecule has 0 aliphatic carbocycles. The van der Waals surface area contributed by atoms with E-state index in [4.69, 9.17) is 9.90 Å². The first-order valence-corrected chi connectivity index (χ1v) is 15.5. The fraction of sp³-hybridized carbons (Fsp3) is 0.154. The molecular formula is C26H20F4N4O8S2. The Morgan fingerprint density at radius 3 is 2.32 bits per heavy atom. The number of alkyl halides is 3. The highest BCUT2D eigenvalue weighted by Crippen LogP contribution is 2.39. The van der Waals surface area contributed by atoms with Crippen LogP contribution in [0.2, 0.25) is 0 Å². The normalized spacial score (nSPS) is 17.2. The number of nitrogens with one attached hydrogen (secondary N) is 2. The minimum absolute atomic E-state index is 0.0289. The second-order valence-corrected chi connectivity index (χ2v) is 12.9. The number of amides is 1. The monoisotopic (exact) mass is 656 g/mol. The molecule has 0 fully saturated rings. The van der Waals surface area contributed by atoms with Gasteiger partial charge in [0.15, 0.2) is 5.78 Å². The number of benzene rings is 2. The third kappa shape index (κ3) is 7.03. The lowest BCUT2D eigenvalue weighted by molar-refractivity contribution is -0.192. The van der Waals surface area contributed by atoms with Crippen LogP contribution in [0.4, 0.5) is 34.6 Å². The molecule has 232 valence electrons. The van der Waals surface area contributed by atoms with Gasteiger partial charge in [-0.25, -0.2) is 26.0 Å². The minimum Gasteiger partial charge on any atom is -0.475 e. The van der Waals surface area contributed by atoms with Crippen molar-refractivity contribution in [2.45, 2.75) is 17.6 Å². The third-order valence-corrected chi connectivity index (χ3v) is 8.21. The van der Waals surface area contributed by atoms with Crippen molar-refractivity contribution in [1.82, 2.24) is 4.98 Å².